The molecule has 94 valence electrons. The summed E-state index contributed by atoms with van der Waals surface area (Å²) in [7, 11) is 1.60. The van der Waals surface area contributed by atoms with Crippen LogP contribution in [0.1, 0.15) is 15.9 Å². The van der Waals surface area contributed by atoms with E-state index in [4.69, 9.17) is 11.0 Å². The predicted molar refractivity (Wildman–Crippen MR) is 72.5 cm³/mol. The lowest BCUT2D eigenvalue weighted by atomic mass is 10.1. The number of nitrogens with zero attached hydrogens (tertiary/aromatic N) is 3. The second-order valence-electron chi connectivity index (χ2n) is 3.96. The highest BCUT2D eigenvalue weighted by atomic mass is 16.2. The Morgan fingerprint density at radius 3 is 2.79 bits per heavy atom. The van der Waals surface area contributed by atoms with Crippen molar-refractivity contribution in [3.05, 3.63) is 53.9 Å². The quantitative estimate of drug-likeness (QED) is 0.883. The van der Waals surface area contributed by atoms with Crippen LogP contribution in [-0.4, -0.2) is 17.9 Å². The fourth-order valence-electron chi connectivity index (χ4n) is 1.73. The molecule has 5 nitrogen and oxygen atoms in total. The Balaban J connectivity index is 2.40. The minimum atomic E-state index is -0.298. The number of hydrogen-bond acceptors (Lipinski definition) is 4. The third-order valence-electron chi connectivity index (χ3n) is 2.78. The molecule has 0 bridgehead atoms. The molecule has 0 radical (unpaired) electrons. The van der Waals surface area contributed by atoms with E-state index in [1.165, 1.54) is 17.3 Å². The minimum absolute atomic E-state index is 0.298. The molecule has 0 unspecified atom stereocenters. The second-order valence-corrected chi connectivity index (χ2v) is 3.96. The van der Waals surface area contributed by atoms with Crippen molar-refractivity contribution in [1.29, 1.82) is 5.26 Å². The first-order valence-electron chi connectivity index (χ1n) is 5.62. The van der Waals surface area contributed by atoms with Crippen LogP contribution in [0, 0.1) is 11.3 Å². The summed E-state index contributed by atoms with van der Waals surface area (Å²) in [5, 5.41) is 9.05. The van der Waals surface area contributed by atoms with E-state index in [0.29, 0.717) is 22.5 Å². The van der Waals surface area contributed by atoms with E-state index in [1.54, 1.807) is 37.4 Å². The summed E-state index contributed by atoms with van der Waals surface area (Å²) in [5.41, 5.74) is 7.41. The Kier molecular flexibility index (Phi) is 3.44. The lowest BCUT2D eigenvalue weighted by Crippen LogP contribution is -2.27. The average Bonchev–Trinajstić information content (AvgIpc) is 2.46. The van der Waals surface area contributed by atoms with Crippen molar-refractivity contribution in [2.45, 2.75) is 0 Å². The van der Waals surface area contributed by atoms with Crippen LogP contribution >= 0.6 is 0 Å². The first-order valence-corrected chi connectivity index (χ1v) is 5.62. The lowest BCUT2D eigenvalue weighted by Gasteiger charge is -2.19. The van der Waals surface area contributed by atoms with Crippen molar-refractivity contribution < 1.29 is 4.79 Å². The predicted octanol–water partition coefficient (Wildman–Crippen LogP) is 1.81. The summed E-state index contributed by atoms with van der Waals surface area (Å²) in [5.74, 6) is -0.298. The molecule has 19 heavy (non-hydrogen) atoms. The zero-order valence-corrected chi connectivity index (χ0v) is 10.4. The molecule has 0 atom stereocenters. The summed E-state index contributed by atoms with van der Waals surface area (Å²) in [6, 6.07) is 10.5. The Morgan fingerprint density at radius 2 is 2.11 bits per heavy atom. The third-order valence-corrected chi connectivity index (χ3v) is 2.78. The number of pyridine rings is 1. The van der Waals surface area contributed by atoms with Crippen molar-refractivity contribution in [2.75, 3.05) is 17.7 Å². The molecule has 2 aromatic rings. The molecule has 1 heterocycles. The van der Waals surface area contributed by atoms with Gasteiger partial charge >= 0.3 is 0 Å². The lowest BCUT2D eigenvalue weighted by molar-refractivity contribution is 0.0993. The van der Waals surface area contributed by atoms with Gasteiger partial charge in [0, 0.05) is 25.1 Å². The van der Waals surface area contributed by atoms with Crippen LogP contribution in [0.4, 0.5) is 11.4 Å². The fourth-order valence-corrected chi connectivity index (χ4v) is 1.73. The number of nitrogens with two attached hydrogens (primary N) is 1. The number of anilines is 2. The monoisotopic (exact) mass is 252 g/mol. The number of amides is 1. The molecule has 1 aromatic carbocycles. The Hall–Kier alpha value is -2.87. The summed E-state index contributed by atoms with van der Waals surface area (Å²) >= 11 is 0. The van der Waals surface area contributed by atoms with Gasteiger partial charge in [-0.25, -0.2) is 0 Å². The molecule has 2 N–H and O–H groups in total. The number of hydrogen-bond donors (Lipinski definition) is 1. The van der Waals surface area contributed by atoms with Gasteiger partial charge in [-0.1, -0.05) is 12.1 Å². The molecule has 0 saturated carbocycles. The summed E-state index contributed by atoms with van der Waals surface area (Å²) in [4.78, 5) is 17.6. The molecule has 5 heteroatoms. The van der Waals surface area contributed by atoms with Gasteiger partial charge < -0.3 is 10.6 Å². The molecular weight excluding hydrogens is 240 g/mol. The number of carbonyl (C=O) groups is 1. The molecule has 0 aliphatic rings. The highest BCUT2D eigenvalue weighted by Gasteiger charge is 2.18. The van der Waals surface area contributed by atoms with E-state index < -0.39 is 0 Å². The summed E-state index contributed by atoms with van der Waals surface area (Å²) in [6.45, 7) is 0. The SMILES string of the molecule is CN(C(=O)c1cnccc1N)c1ccccc1C#N. The van der Waals surface area contributed by atoms with E-state index >= 15 is 0 Å². The van der Waals surface area contributed by atoms with E-state index in [0.717, 1.165) is 0 Å². The second kappa shape index (κ2) is 5.19. The largest absolute Gasteiger partial charge is 0.398 e. The molecule has 0 fully saturated rings. The van der Waals surface area contributed by atoms with Gasteiger partial charge in [0.05, 0.1) is 16.8 Å². The zero-order valence-electron chi connectivity index (χ0n) is 10.4. The zero-order chi connectivity index (χ0) is 13.8. The van der Waals surface area contributed by atoms with Crippen LogP contribution in [0.2, 0.25) is 0 Å². The van der Waals surface area contributed by atoms with Gasteiger partial charge in [0.1, 0.15) is 6.07 Å². The van der Waals surface area contributed by atoms with Crippen LogP contribution in [0.5, 0.6) is 0 Å². The van der Waals surface area contributed by atoms with Crippen LogP contribution < -0.4 is 10.6 Å². The molecule has 0 aliphatic carbocycles. The molecule has 0 aliphatic heterocycles. The van der Waals surface area contributed by atoms with Crippen molar-refractivity contribution in [3.8, 4) is 6.07 Å². The van der Waals surface area contributed by atoms with E-state index in [1.807, 2.05) is 0 Å². The summed E-state index contributed by atoms with van der Waals surface area (Å²) in [6.07, 6.45) is 2.94. The molecule has 1 amide bonds. The van der Waals surface area contributed by atoms with Crippen LogP contribution in [0.15, 0.2) is 42.7 Å². The highest BCUT2D eigenvalue weighted by molar-refractivity contribution is 6.09. The topological polar surface area (TPSA) is 83.0 Å². The van der Waals surface area contributed by atoms with Crippen molar-refractivity contribution in [2.24, 2.45) is 0 Å². The number of benzene rings is 1. The maximum absolute atomic E-state index is 12.3. The van der Waals surface area contributed by atoms with Crippen molar-refractivity contribution in [3.63, 3.8) is 0 Å². The molecule has 0 spiro atoms. The van der Waals surface area contributed by atoms with Gasteiger partial charge in [0.15, 0.2) is 0 Å². The Bertz CT molecular complexity index is 660. The van der Waals surface area contributed by atoms with Gasteiger partial charge in [-0.2, -0.15) is 5.26 Å². The molecular formula is C14H12N4O. The van der Waals surface area contributed by atoms with E-state index in [9.17, 15) is 4.79 Å². The molecule has 2 rings (SSSR count). The van der Waals surface area contributed by atoms with Crippen LogP contribution in [-0.2, 0) is 0 Å². The van der Waals surface area contributed by atoms with Gasteiger partial charge in [-0.15, -0.1) is 0 Å². The van der Waals surface area contributed by atoms with Crippen LogP contribution in [0.3, 0.4) is 0 Å². The normalized spacial score (nSPS) is 9.68. The van der Waals surface area contributed by atoms with Gasteiger partial charge in [0.2, 0.25) is 0 Å². The average molecular weight is 252 g/mol. The van der Waals surface area contributed by atoms with Gasteiger partial charge in [-0.05, 0) is 18.2 Å². The summed E-state index contributed by atoms with van der Waals surface area (Å²) < 4.78 is 0. The molecule has 0 saturated heterocycles. The standard InChI is InChI=1S/C14H12N4O/c1-18(13-5-3-2-4-10(13)8-15)14(19)11-9-17-7-6-12(11)16/h2-7,9H,1H3,(H2,16,17). The van der Waals surface area contributed by atoms with Gasteiger partial charge in [0.25, 0.3) is 5.91 Å². The van der Waals surface area contributed by atoms with Gasteiger partial charge in [-0.3, -0.25) is 9.78 Å². The Labute approximate surface area is 110 Å². The third kappa shape index (κ3) is 2.38. The van der Waals surface area contributed by atoms with Crippen molar-refractivity contribution in [1.82, 2.24) is 4.98 Å². The number of nitrogen functional groups attached to an aromatic ring is 1. The highest BCUT2D eigenvalue weighted by Crippen LogP contribution is 2.21. The number of rotatable bonds is 2. The fraction of sp³-hybridized carbons (Fsp3) is 0.0714. The number of carbonyl (C=O) groups excluding carboxylic acids is 1. The number of aromatic nitrogens is 1. The smallest absolute Gasteiger partial charge is 0.261 e. The van der Waals surface area contributed by atoms with Crippen molar-refractivity contribution >= 4 is 17.3 Å². The first-order chi connectivity index (χ1) is 9.15. The van der Waals surface area contributed by atoms with E-state index in [2.05, 4.69) is 11.1 Å². The Morgan fingerprint density at radius 1 is 1.37 bits per heavy atom. The first kappa shape index (κ1) is 12.6. The molecule has 1 aromatic heterocycles. The number of nitriles is 1. The minimum Gasteiger partial charge on any atom is -0.398 e. The van der Waals surface area contributed by atoms with Crippen LogP contribution in [0.25, 0.3) is 0 Å². The van der Waals surface area contributed by atoms with E-state index in [-0.39, 0.29) is 5.91 Å². The number of para-hydroxylation sites is 1. The maximum atomic E-state index is 12.3. The maximum Gasteiger partial charge on any atom is 0.261 e.